The highest BCUT2D eigenvalue weighted by Gasteiger charge is 2.32. The molecule has 16 N–H and O–H groups in total. The number of piperazine rings is 2. The molecule has 12 fully saturated rings. The smallest absolute Gasteiger partial charge is 0.302 e. The van der Waals surface area contributed by atoms with E-state index in [0.717, 1.165) is 259 Å². The van der Waals surface area contributed by atoms with Crippen molar-refractivity contribution in [2.24, 2.45) is 52.3 Å². The van der Waals surface area contributed by atoms with Gasteiger partial charge in [0.25, 0.3) is 0 Å². The lowest BCUT2D eigenvalue weighted by Gasteiger charge is -2.35. The van der Waals surface area contributed by atoms with E-state index in [-0.39, 0.29) is 113 Å². The number of hydrogen-bond donors (Lipinski definition) is 11. The number of carbonyl (C=O) groups excluding carboxylic acids is 12. The van der Waals surface area contributed by atoms with Crippen LogP contribution < -0.4 is 60.6 Å². The van der Waals surface area contributed by atoms with Crippen LogP contribution in [0.2, 0.25) is 0 Å². The Morgan fingerprint density at radius 1 is 0.307 bits per heavy atom. The highest BCUT2D eigenvalue weighted by Crippen LogP contribution is 2.30. The number of nitrogens with one attached hydrogen (secondary N) is 6. The molecular weight excluding hydrogens is 1770 g/mol. The lowest BCUT2D eigenvalue weighted by molar-refractivity contribution is -0.151. The fourth-order valence-corrected chi connectivity index (χ4v) is 16.6. The molecule has 0 unspecified atom stereocenters. The minimum atomic E-state index is -0.202. The number of ether oxygens (including phenoxy) is 12. The molecule has 3 atom stereocenters. The van der Waals surface area contributed by atoms with Crippen molar-refractivity contribution in [1.82, 2.24) is 46.6 Å². The van der Waals surface area contributed by atoms with E-state index in [1.165, 1.54) is 128 Å². The molecule has 7 saturated heterocycles. The topological polar surface area (TPSA) is 528 Å². The van der Waals surface area contributed by atoms with Gasteiger partial charge in [0.05, 0.1) is 33.0 Å². The third-order valence-electron chi connectivity index (χ3n) is 24.6. The van der Waals surface area contributed by atoms with Crippen molar-refractivity contribution in [1.29, 1.82) is 0 Å². The van der Waals surface area contributed by atoms with Crippen molar-refractivity contribution >= 4 is 71.6 Å². The Labute approximate surface area is 820 Å². The maximum atomic E-state index is 10.6. The van der Waals surface area contributed by atoms with Gasteiger partial charge in [-0.05, 0) is 278 Å². The van der Waals surface area contributed by atoms with Gasteiger partial charge in [0.1, 0.15) is 44.2 Å². The van der Waals surface area contributed by atoms with Gasteiger partial charge in [-0.2, -0.15) is 0 Å². The van der Waals surface area contributed by atoms with Gasteiger partial charge in [-0.3, -0.25) is 67.3 Å². The Balaban J connectivity index is 0.000000748. The molecule has 0 radical (unpaired) electrons. The van der Waals surface area contributed by atoms with E-state index in [4.69, 9.17) is 85.5 Å². The van der Waals surface area contributed by atoms with Gasteiger partial charge in [0.15, 0.2) is 0 Å². The zero-order valence-electron chi connectivity index (χ0n) is 87.0. The summed E-state index contributed by atoms with van der Waals surface area (Å²) in [6.45, 7) is 49.1. The number of nitrogens with zero attached hydrogens (tertiary/aromatic N) is 3. The Morgan fingerprint density at radius 3 is 1.00 bits per heavy atom. The molecule has 12 rings (SSSR count). The SMILES string of the molecule is CC(=O)OC1CC(N)C1.CC(=O)OC1CCC(C)(N)CC1.CC(=O)OC1CCC(C)(N)CC1.CC(=O)OC1CCNCC1.CC(=O)OCC1CCC(N)CC1.CC(=O)OCC1CCC(N)CC1.CC(=O)OCC1CCNCC1.CC(=O)OCC1CNC1.CC(=O)OCCCCN1CCCC1.CC(=O)OCCN1CCNCC1.CC(=O)OCCN1C[C@@H](C)N[C@@H](C)C1.CC(=O)OC[C@@H]1CCCCN1. The van der Waals surface area contributed by atoms with Gasteiger partial charge in [0, 0.05) is 202 Å². The summed E-state index contributed by atoms with van der Waals surface area (Å²) in [5.41, 5.74) is 28.7. The van der Waals surface area contributed by atoms with E-state index in [1.807, 2.05) is 0 Å². The number of piperidine rings is 3. The van der Waals surface area contributed by atoms with Crippen LogP contribution >= 0.6 is 0 Å². The third kappa shape index (κ3) is 78.4. The number of esters is 12. The largest absolute Gasteiger partial charge is 0.466 e. The quantitative estimate of drug-likeness (QED) is 0.0248. The minimum Gasteiger partial charge on any atom is -0.466 e. The Morgan fingerprint density at radius 2 is 0.642 bits per heavy atom. The summed E-state index contributed by atoms with van der Waals surface area (Å²) >= 11 is 0. The maximum absolute atomic E-state index is 10.6. The van der Waals surface area contributed by atoms with Gasteiger partial charge in [-0.25, -0.2) is 0 Å². The first-order chi connectivity index (χ1) is 64.8. The van der Waals surface area contributed by atoms with Crippen molar-refractivity contribution in [2.75, 3.05) is 171 Å². The molecule has 5 saturated carbocycles. The first-order valence-electron chi connectivity index (χ1n) is 50.9. The molecule has 5 aliphatic carbocycles. The zero-order valence-corrected chi connectivity index (χ0v) is 87.0. The molecule has 7 aliphatic heterocycles. The van der Waals surface area contributed by atoms with Crippen LogP contribution in [0.25, 0.3) is 0 Å². The Bertz CT molecular complexity index is 3110. The summed E-state index contributed by atoms with van der Waals surface area (Å²) in [5.74, 6) is 0.0987. The van der Waals surface area contributed by atoms with Crippen LogP contribution in [0.4, 0.5) is 0 Å². The van der Waals surface area contributed by atoms with Gasteiger partial charge in [0.2, 0.25) is 0 Å². The summed E-state index contributed by atoms with van der Waals surface area (Å²) in [6.07, 6.45) is 31.0. The normalized spacial score (nSPS) is 26.3. The highest BCUT2D eigenvalue weighted by atomic mass is 16.6. The predicted octanol–water partition coefficient (Wildman–Crippen LogP) is 7.02. The molecule has 0 aromatic rings. The van der Waals surface area contributed by atoms with Crippen molar-refractivity contribution in [3.63, 3.8) is 0 Å². The van der Waals surface area contributed by atoms with Gasteiger partial charge in [-0.1, -0.05) is 6.42 Å². The maximum Gasteiger partial charge on any atom is 0.302 e. The average molecular weight is 1960 g/mol. The summed E-state index contributed by atoms with van der Waals surface area (Å²) in [4.78, 5) is 133. The van der Waals surface area contributed by atoms with E-state index >= 15 is 0 Å². The number of unbranched alkanes of at least 4 members (excludes halogenated alkanes) is 1. The fourth-order valence-electron chi connectivity index (χ4n) is 16.6. The first-order valence-corrected chi connectivity index (χ1v) is 50.9. The molecule has 12 aliphatic rings. The van der Waals surface area contributed by atoms with E-state index < -0.39 is 0 Å². The van der Waals surface area contributed by atoms with Gasteiger partial charge < -0.3 is 122 Å². The van der Waals surface area contributed by atoms with Crippen LogP contribution in [0.3, 0.4) is 0 Å². The minimum absolute atomic E-state index is 0.0450. The van der Waals surface area contributed by atoms with E-state index in [9.17, 15) is 57.5 Å². The fraction of sp³-hybridized carbons (Fsp3) is 0.879. The zero-order chi connectivity index (χ0) is 102. The summed E-state index contributed by atoms with van der Waals surface area (Å²) in [6, 6.07) is 2.45. The number of carbonyl (C=O) groups is 12. The van der Waals surface area contributed by atoms with Crippen LogP contribution in [0, 0.1) is 23.7 Å². The molecule has 0 bridgehead atoms. The molecule has 137 heavy (non-hydrogen) atoms. The molecule has 798 valence electrons. The van der Waals surface area contributed by atoms with Crippen molar-refractivity contribution in [3.8, 4) is 0 Å². The molecule has 7 heterocycles. The average Bonchev–Trinajstić information content (AvgIpc) is 1.19. The lowest BCUT2D eigenvalue weighted by Crippen LogP contribution is -2.54. The standard InChI is InChI=1S/C10H20N2O2.C10H19NO2.4C9H17NO2.C8H16N2O2.2C8H15NO2.C7H13NO2.2C6H11NO2/c1-8-6-12(7-9(2)11-8)4-5-14-10(3)13;1-10(12)13-9-5-4-8-11-6-2-3-7-11;2*1-7(11)12-8-3-5-9(2,10)6-4-8;2*1-7(11)12-6-8-2-4-9(10)5-3-8;1-8(11)12-7-6-10-4-2-9-3-5-10;1-7(10)11-6-8-2-4-9-5-3-8;1-7(10)11-6-8-4-2-3-5-9-8;1-6(9)10-7-2-4-8-5-3-7;1-5(8)9-4-6-2-7-3-6;1-4(8)9-6-2-5(7)3-6/h8-9,11H,4-7H2,1-3H3;2-9H2,1H3;2*8H,3-6,10H2,1-2H3;2*8-9H,2-6,10H2,1H3;9H,2-7H2,1H3;2*8-9H,2-6H2,1H3;7-8H,2-5H2,1H3;6-7H,2-4H2,1H3;5-6H,2-3,7H2,1H3/t8-,9+;;;;;;;;8-;;;/m........0.../s1. The van der Waals surface area contributed by atoms with Crippen LogP contribution in [0.15, 0.2) is 0 Å². The number of nitrogens with two attached hydrogens (primary N) is 5. The molecule has 0 spiro atoms. The summed E-state index contributed by atoms with van der Waals surface area (Å²) < 4.78 is 59.1. The second-order valence-electron chi connectivity index (χ2n) is 39.0. The van der Waals surface area contributed by atoms with Crippen LogP contribution in [0.5, 0.6) is 0 Å². The highest BCUT2D eigenvalue weighted by molar-refractivity contribution is 5.69. The lowest BCUT2D eigenvalue weighted by atomic mass is 9.83. The molecular formula is C99H188N14O24. The Kier molecular flexibility index (Phi) is 72.6. The first kappa shape index (κ1) is 128. The van der Waals surface area contributed by atoms with E-state index in [1.54, 1.807) is 0 Å². The van der Waals surface area contributed by atoms with E-state index in [2.05, 4.69) is 74.3 Å². The van der Waals surface area contributed by atoms with E-state index in [0.29, 0.717) is 107 Å². The van der Waals surface area contributed by atoms with Crippen molar-refractivity contribution in [3.05, 3.63) is 0 Å². The third-order valence-corrected chi connectivity index (χ3v) is 24.6. The molecule has 0 amide bonds. The van der Waals surface area contributed by atoms with Crippen LogP contribution in [-0.4, -0.2) is 329 Å². The molecule has 0 aromatic heterocycles. The predicted molar refractivity (Wildman–Crippen MR) is 527 cm³/mol. The van der Waals surface area contributed by atoms with Gasteiger partial charge >= 0.3 is 71.6 Å². The monoisotopic (exact) mass is 1960 g/mol. The molecule has 38 nitrogen and oxygen atoms in total. The summed E-state index contributed by atoms with van der Waals surface area (Å²) in [5, 5.41) is 19.6. The number of rotatable bonds is 25. The summed E-state index contributed by atoms with van der Waals surface area (Å²) in [7, 11) is 0. The molecule has 0 aromatic carbocycles. The van der Waals surface area contributed by atoms with Gasteiger partial charge in [-0.15, -0.1) is 0 Å². The Hall–Kier alpha value is -6.92. The second kappa shape index (κ2) is 77.7. The van der Waals surface area contributed by atoms with Crippen molar-refractivity contribution in [2.45, 2.75) is 369 Å². The number of likely N-dealkylation sites (tertiary alicyclic amines) is 1. The van der Waals surface area contributed by atoms with Crippen molar-refractivity contribution < 1.29 is 114 Å². The van der Waals surface area contributed by atoms with Crippen LogP contribution in [-0.2, 0) is 114 Å². The van der Waals surface area contributed by atoms with Crippen LogP contribution in [0.1, 0.15) is 297 Å². The molecule has 38 heteroatoms. The second-order valence-corrected chi connectivity index (χ2v) is 39.0. The number of hydrogen-bond acceptors (Lipinski definition) is 38.